The van der Waals surface area contributed by atoms with E-state index in [1.165, 1.54) is 0 Å². The van der Waals surface area contributed by atoms with Crippen molar-refractivity contribution in [3.63, 3.8) is 0 Å². The SMILES string of the molecule is FC=C(F)C(F)CF.FC=C(F)CC(F)F. The first-order valence-corrected chi connectivity index (χ1v) is 3.77. The van der Waals surface area contributed by atoms with Gasteiger partial charge >= 0.3 is 0 Å². The van der Waals surface area contributed by atoms with Crippen LogP contribution in [0.25, 0.3) is 0 Å². The zero-order valence-corrected chi connectivity index (χ0v) is 7.75. The normalized spacial score (nSPS) is 14.6. The highest BCUT2D eigenvalue weighted by atomic mass is 19.3. The lowest BCUT2D eigenvalue weighted by molar-refractivity contribution is 0.140. The van der Waals surface area contributed by atoms with Gasteiger partial charge in [0.2, 0.25) is 6.43 Å². The fourth-order valence-corrected chi connectivity index (χ4v) is 0.334. The molecule has 0 N–H and O–H groups in total. The van der Waals surface area contributed by atoms with Crippen molar-refractivity contribution in [2.45, 2.75) is 19.0 Å². The van der Waals surface area contributed by atoms with Gasteiger partial charge in [0.15, 0.2) is 12.0 Å². The van der Waals surface area contributed by atoms with Gasteiger partial charge in [-0.15, -0.1) is 0 Å². The molecule has 0 spiro atoms. The number of allylic oxidation sites excluding steroid dienone is 2. The second-order valence-electron chi connectivity index (χ2n) is 2.27. The van der Waals surface area contributed by atoms with Crippen LogP contribution in [0.1, 0.15) is 6.42 Å². The maximum atomic E-state index is 11.5. The van der Waals surface area contributed by atoms with Crippen molar-refractivity contribution >= 4 is 0 Å². The number of alkyl halides is 4. The number of rotatable bonds is 4. The monoisotopic (exact) mass is 256 g/mol. The molecule has 0 aromatic rings. The predicted molar refractivity (Wildman–Crippen MR) is 42.1 cm³/mol. The minimum Gasteiger partial charge on any atom is -0.247 e. The molecule has 0 bridgehead atoms. The summed E-state index contributed by atoms with van der Waals surface area (Å²) in [5, 5.41) is 0. The number of hydrogen-bond donors (Lipinski definition) is 0. The summed E-state index contributed by atoms with van der Waals surface area (Å²) in [7, 11) is 0. The molecule has 0 aromatic heterocycles. The Morgan fingerprint density at radius 1 is 1.00 bits per heavy atom. The number of hydrogen-bond acceptors (Lipinski definition) is 0. The minimum atomic E-state index is -2.80. The fourth-order valence-electron chi connectivity index (χ4n) is 0.334. The molecule has 0 aromatic carbocycles. The average molecular weight is 256 g/mol. The van der Waals surface area contributed by atoms with Gasteiger partial charge in [0, 0.05) is 0 Å². The first kappa shape index (κ1) is 17.3. The lowest BCUT2D eigenvalue weighted by Crippen LogP contribution is -2.01. The molecule has 0 fully saturated rings. The van der Waals surface area contributed by atoms with E-state index < -0.39 is 50.0 Å². The Labute approximate surface area is 86.2 Å². The standard InChI is InChI=1S/2C4H4F4/c5-1-3(7)4(8)2-6;5-2-3(6)1-4(7)8/h1,4H,2H2;2,4H,1H2. The van der Waals surface area contributed by atoms with Crippen molar-refractivity contribution in [2.75, 3.05) is 6.67 Å². The summed E-state index contributed by atoms with van der Waals surface area (Å²) in [6.45, 7) is -1.52. The second-order valence-corrected chi connectivity index (χ2v) is 2.27. The molecule has 16 heavy (non-hydrogen) atoms. The highest BCUT2D eigenvalue weighted by Crippen LogP contribution is 2.10. The Bertz CT molecular complexity index is 222. The van der Waals surface area contributed by atoms with Crippen molar-refractivity contribution in [3.8, 4) is 0 Å². The molecule has 0 aliphatic carbocycles. The summed E-state index contributed by atoms with van der Waals surface area (Å²) in [4.78, 5) is 0. The van der Waals surface area contributed by atoms with Gasteiger partial charge < -0.3 is 0 Å². The van der Waals surface area contributed by atoms with Gasteiger partial charge in [0.25, 0.3) is 0 Å². The molecule has 0 aliphatic heterocycles. The molecular formula is C8H8F8. The smallest absolute Gasteiger partial charge is 0.244 e. The molecule has 0 saturated carbocycles. The third-order valence-electron chi connectivity index (χ3n) is 1.01. The average Bonchev–Trinajstić information content (AvgIpc) is 2.26. The molecule has 1 unspecified atom stereocenters. The third-order valence-corrected chi connectivity index (χ3v) is 1.01. The molecule has 0 heterocycles. The first-order valence-electron chi connectivity index (χ1n) is 3.77. The molecule has 0 aliphatic rings. The van der Waals surface area contributed by atoms with Crippen LogP contribution in [0.5, 0.6) is 0 Å². The lowest BCUT2D eigenvalue weighted by Gasteiger charge is -1.93. The summed E-state index contributed by atoms with van der Waals surface area (Å²) in [5.74, 6) is -3.12. The van der Waals surface area contributed by atoms with Crippen LogP contribution in [0.15, 0.2) is 24.3 Å². The number of halogens is 8. The molecule has 0 amide bonds. The maximum absolute atomic E-state index is 11.5. The molecule has 0 rings (SSSR count). The van der Waals surface area contributed by atoms with Crippen molar-refractivity contribution in [1.82, 2.24) is 0 Å². The predicted octanol–water partition coefficient (Wildman–Crippen LogP) is 4.50. The summed E-state index contributed by atoms with van der Waals surface area (Å²) >= 11 is 0. The second kappa shape index (κ2) is 10.4. The summed E-state index contributed by atoms with van der Waals surface area (Å²) < 4.78 is 89.1. The lowest BCUT2D eigenvalue weighted by atomic mass is 10.4. The van der Waals surface area contributed by atoms with E-state index >= 15 is 0 Å². The van der Waals surface area contributed by atoms with Gasteiger partial charge in [-0.25, -0.2) is 35.1 Å². The zero-order valence-electron chi connectivity index (χ0n) is 7.75. The summed E-state index contributed by atoms with van der Waals surface area (Å²) in [5.41, 5.74) is 0. The van der Waals surface area contributed by atoms with E-state index in [0.29, 0.717) is 0 Å². The van der Waals surface area contributed by atoms with Crippen LogP contribution in [-0.2, 0) is 0 Å². The Kier molecular flexibility index (Phi) is 11.3. The summed E-state index contributed by atoms with van der Waals surface area (Å²) in [6, 6.07) is 0. The Morgan fingerprint density at radius 3 is 1.62 bits per heavy atom. The van der Waals surface area contributed by atoms with Crippen LogP contribution in [0.4, 0.5) is 35.1 Å². The molecular weight excluding hydrogens is 248 g/mol. The topological polar surface area (TPSA) is 0 Å². The molecule has 96 valence electrons. The van der Waals surface area contributed by atoms with E-state index in [9.17, 15) is 35.1 Å². The van der Waals surface area contributed by atoms with Crippen LogP contribution in [0.2, 0.25) is 0 Å². The fraction of sp³-hybridized carbons (Fsp3) is 0.500. The van der Waals surface area contributed by atoms with Gasteiger partial charge in [-0.05, 0) is 0 Å². The van der Waals surface area contributed by atoms with E-state index in [0.717, 1.165) is 0 Å². The molecule has 0 saturated heterocycles. The van der Waals surface area contributed by atoms with Crippen molar-refractivity contribution < 1.29 is 35.1 Å². The van der Waals surface area contributed by atoms with Crippen LogP contribution in [0.3, 0.4) is 0 Å². The molecule has 1 atom stereocenters. The van der Waals surface area contributed by atoms with E-state index in [-0.39, 0.29) is 0 Å². The Hall–Kier alpha value is -1.08. The molecule has 0 nitrogen and oxygen atoms in total. The highest BCUT2D eigenvalue weighted by Gasteiger charge is 2.11. The van der Waals surface area contributed by atoms with Gasteiger partial charge in [0.1, 0.15) is 25.2 Å². The first-order chi connectivity index (χ1) is 7.38. The van der Waals surface area contributed by atoms with E-state index in [1.807, 2.05) is 0 Å². The van der Waals surface area contributed by atoms with Crippen molar-refractivity contribution in [3.05, 3.63) is 24.3 Å². The van der Waals surface area contributed by atoms with Gasteiger partial charge in [-0.3, -0.25) is 0 Å². The van der Waals surface area contributed by atoms with E-state index in [4.69, 9.17) is 0 Å². The largest absolute Gasteiger partial charge is 0.247 e. The maximum Gasteiger partial charge on any atom is 0.244 e. The van der Waals surface area contributed by atoms with Crippen LogP contribution in [0, 0.1) is 0 Å². The summed E-state index contributed by atoms with van der Waals surface area (Å²) in [6.07, 6.45) is -7.42. The Morgan fingerprint density at radius 2 is 1.50 bits per heavy atom. The van der Waals surface area contributed by atoms with Gasteiger partial charge in [0.05, 0.1) is 6.42 Å². The molecule has 0 radical (unpaired) electrons. The van der Waals surface area contributed by atoms with Gasteiger partial charge in [-0.2, -0.15) is 0 Å². The highest BCUT2D eigenvalue weighted by molar-refractivity contribution is 4.93. The quantitative estimate of drug-likeness (QED) is 0.650. The minimum absolute atomic E-state index is 0.466. The van der Waals surface area contributed by atoms with E-state index in [1.54, 1.807) is 0 Å². The third kappa shape index (κ3) is 11.0. The van der Waals surface area contributed by atoms with Crippen molar-refractivity contribution in [1.29, 1.82) is 0 Å². The van der Waals surface area contributed by atoms with Crippen LogP contribution >= 0.6 is 0 Å². The Balaban J connectivity index is 0. The van der Waals surface area contributed by atoms with Crippen LogP contribution < -0.4 is 0 Å². The van der Waals surface area contributed by atoms with E-state index in [2.05, 4.69) is 0 Å². The van der Waals surface area contributed by atoms with Gasteiger partial charge in [-0.1, -0.05) is 0 Å². The van der Waals surface area contributed by atoms with Crippen LogP contribution in [-0.4, -0.2) is 19.3 Å². The molecule has 8 heteroatoms. The zero-order chi connectivity index (χ0) is 13.1. The van der Waals surface area contributed by atoms with Crippen molar-refractivity contribution in [2.24, 2.45) is 0 Å².